The molecule has 2 unspecified atom stereocenters. The first-order valence-corrected chi connectivity index (χ1v) is 5.26. The van der Waals surface area contributed by atoms with Gasteiger partial charge in [0, 0.05) is 25.4 Å². The maximum Gasteiger partial charge on any atom is 2.00 e. The molecule has 15 heavy (non-hydrogen) atoms. The summed E-state index contributed by atoms with van der Waals surface area (Å²) in [4.78, 5) is 0. The van der Waals surface area contributed by atoms with Gasteiger partial charge in [0.05, 0.1) is 0 Å². The van der Waals surface area contributed by atoms with Gasteiger partial charge in [0.2, 0.25) is 0 Å². The Morgan fingerprint density at radius 1 is 0.867 bits per heavy atom. The van der Waals surface area contributed by atoms with Gasteiger partial charge in [-0.25, -0.2) is 0 Å². The van der Waals surface area contributed by atoms with Gasteiger partial charge < -0.3 is 19.7 Å². The molecule has 2 aliphatic heterocycles. The number of hydrogen-bond acceptors (Lipinski definition) is 4. The van der Waals surface area contributed by atoms with Gasteiger partial charge in [-0.3, -0.25) is 0 Å². The molecule has 2 rings (SSSR count). The molecule has 5 heteroatoms. The standard InChI is InChI=1S/2C5H9O2.Ba/c2*6-4-5-2-1-3-7-5;/h2*5H,1-4H2;/q2*-1;+2. The Hall–Kier alpha value is 1.41. The Morgan fingerprint density at radius 3 is 1.40 bits per heavy atom. The predicted molar refractivity (Wildman–Crippen MR) is 53.4 cm³/mol. The first kappa shape index (κ1) is 16.4. The number of ether oxygens (including phenoxy) is 2. The van der Waals surface area contributed by atoms with Crippen molar-refractivity contribution in [2.24, 2.45) is 0 Å². The molecule has 0 spiro atoms. The smallest absolute Gasteiger partial charge is 0.853 e. The van der Waals surface area contributed by atoms with Gasteiger partial charge in [-0.15, -0.1) is 13.2 Å². The van der Waals surface area contributed by atoms with Crippen LogP contribution in [0, 0.1) is 0 Å². The molecule has 0 saturated carbocycles. The Bertz CT molecular complexity index is 117. The second-order valence-corrected chi connectivity index (χ2v) is 3.60. The minimum atomic E-state index is -0.0556. The first-order chi connectivity index (χ1) is 6.86. The molecule has 0 radical (unpaired) electrons. The summed E-state index contributed by atoms with van der Waals surface area (Å²) in [5, 5.41) is 20.0. The molecule has 2 aliphatic rings. The van der Waals surface area contributed by atoms with Gasteiger partial charge in [-0.2, -0.15) is 0 Å². The van der Waals surface area contributed by atoms with Crippen LogP contribution in [0.1, 0.15) is 25.7 Å². The molecule has 0 aromatic carbocycles. The molecule has 2 atom stereocenters. The van der Waals surface area contributed by atoms with Gasteiger partial charge >= 0.3 is 48.9 Å². The summed E-state index contributed by atoms with van der Waals surface area (Å²) in [6.07, 6.45) is 4.19. The molecule has 0 aromatic heterocycles. The van der Waals surface area contributed by atoms with E-state index in [4.69, 9.17) is 9.47 Å². The van der Waals surface area contributed by atoms with Crippen LogP contribution < -0.4 is 10.2 Å². The molecule has 0 aliphatic carbocycles. The van der Waals surface area contributed by atoms with E-state index in [9.17, 15) is 10.2 Å². The van der Waals surface area contributed by atoms with E-state index < -0.39 is 0 Å². The second kappa shape index (κ2) is 10.6. The third-order valence-corrected chi connectivity index (χ3v) is 2.42. The summed E-state index contributed by atoms with van der Waals surface area (Å²) in [5.74, 6) is 0. The zero-order valence-corrected chi connectivity index (χ0v) is 13.6. The van der Waals surface area contributed by atoms with Crippen molar-refractivity contribution in [2.45, 2.75) is 37.9 Å². The van der Waals surface area contributed by atoms with Crippen LogP contribution in [0.5, 0.6) is 0 Å². The van der Waals surface area contributed by atoms with Crippen molar-refractivity contribution in [3.05, 3.63) is 0 Å². The van der Waals surface area contributed by atoms with E-state index in [0.29, 0.717) is 0 Å². The van der Waals surface area contributed by atoms with E-state index in [2.05, 4.69) is 0 Å². The molecular weight excluding hydrogens is 321 g/mol. The SMILES string of the molecule is [Ba+2].[O-]CC1CCCO1.[O-]CC1CCCO1. The number of hydrogen-bond donors (Lipinski definition) is 0. The summed E-state index contributed by atoms with van der Waals surface area (Å²) < 4.78 is 9.98. The Kier molecular flexibility index (Phi) is 11.6. The maximum absolute atomic E-state index is 10.0. The van der Waals surface area contributed by atoms with Crippen LogP contribution in [0.25, 0.3) is 0 Å². The Morgan fingerprint density at radius 2 is 1.27 bits per heavy atom. The molecule has 4 nitrogen and oxygen atoms in total. The van der Waals surface area contributed by atoms with Gasteiger partial charge in [0.1, 0.15) is 0 Å². The van der Waals surface area contributed by atoms with Crippen LogP contribution in [0.3, 0.4) is 0 Å². The van der Waals surface area contributed by atoms with Gasteiger partial charge in [0.15, 0.2) is 0 Å². The quantitative estimate of drug-likeness (QED) is 0.585. The molecule has 0 bridgehead atoms. The molecule has 2 heterocycles. The monoisotopic (exact) mass is 340 g/mol. The molecule has 0 aromatic rings. The third-order valence-electron chi connectivity index (χ3n) is 2.42. The molecule has 0 N–H and O–H groups in total. The Labute approximate surface area is 131 Å². The fourth-order valence-corrected chi connectivity index (χ4v) is 1.55. The van der Waals surface area contributed by atoms with Crippen LogP contribution in [0.4, 0.5) is 0 Å². The van der Waals surface area contributed by atoms with E-state index >= 15 is 0 Å². The van der Waals surface area contributed by atoms with Gasteiger partial charge in [-0.05, 0) is 25.7 Å². The van der Waals surface area contributed by atoms with E-state index in [0.717, 1.165) is 38.9 Å². The van der Waals surface area contributed by atoms with Gasteiger partial charge in [0.25, 0.3) is 0 Å². The van der Waals surface area contributed by atoms with Gasteiger partial charge in [-0.1, -0.05) is 0 Å². The first-order valence-electron chi connectivity index (χ1n) is 5.26. The van der Waals surface area contributed by atoms with Crippen molar-refractivity contribution in [3.8, 4) is 0 Å². The minimum Gasteiger partial charge on any atom is -0.853 e. The summed E-state index contributed by atoms with van der Waals surface area (Å²) in [6, 6.07) is 0. The summed E-state index contributed by atoms with van der Waals surface area (Å²) in [7, 11) is 0. The zero-order chi connectivity index (χ0) is 10.2. The van der Waals surface area contributed by atoms with E-state index in [1.54, 1.807) is 0 Å². The minimum absolute atomic E-state index is 0. The second-order valence-electron chi connectivity index (χ2n) is 3.60. The van der Waals surface area contributed by atoms with Crippen molar-refractivity contribution in [1.29, 1.82) is 0 Å². The molecule has 84 valence electrons. The summed E-state index contributed by atoms with van der Waals surface area (Å²) >= 11 is 0. The van der Waals surface area contributed by atoms with Crippen LogP contribution in [-0.4, -0.2) is 87.5 Å². The molecule has 2 saturated heterocycles. The average molecular weight is 340 g/mol. The van der Waals surface area contributed by atoms with Crippen molar-refractivity contribution in [2.75, 3.05) is 26.4 Å². The number of rotatable bonds is 2. The fraction of sp³-hybridized carbons (Fsp3) is 1.00. The normalized spacial score (nSPS) is 29.2. The van der Waals surface area contributed by atoms with E-state index in [-0.39, 0.29) is 74.3 Å². The largest absolute Gasteiger partial charge is 2.00 e. The maximum atomic E-state index is 10.0. The topological polar surface area (TPSA) is 64.6 Å². The molecule has 0 amide bonds. The van der Waals surface area contributed by atoms with Crippen molar-refractivity contribution >= 4 is 48.9 Å². The van der Waals surface area contributed by atoms with Crippen LogP contribution in [-0.2, 0) is 9.47 Å². The Balaban J connectivity index is 0.000000245. The van der Waals surface area contributed by atoms with Crippen LogP contribution in [0.15, 0.2) is 0 Å². The fourth-order valence-electron chi connectivity index (χ4n) is 1.55. The van der Waals surface area contributed by atoms with Crippen molar-refractivity contribution in [1.82, 2.24) is 0 Å². The third kappa shape index (κ3) is 7.36. The summed E-state index contributed by atoms with van der Waals surface area (Å²) in [6.45, 7) is 1.49. The summed E-state index contributed by atoms with van der Waals surface area (Å²) in [5.41, 5.74) is 0. The average Bonchev–Trinajstić information content (AvgIpc) is 2.92. The zero-order valence-electron chi connectivity index (χ0n) is 9.15. The van der Waals surface area contributed by atoms with Crippen LogP contribution in [0.2, 0.25) is 0 Å². The molecular formula is C10H18BaO4. The molecule has 2 fully saturated rings. The van der Waals surface area contributed by atoms with E-state index in [1.807, 2.05) is 0 Å². The predicted octanol–water partition coefficient (Wildman–Crippen LogP) is -1.33. The van der Waals surface area contributed by atoms with Crippen LogP contribution >= 0.6 is 0 Å². The van der Waals surface area contributed by atoms with E-state index in [1.165, 1.54) is 0 Å². The van der Waals surface area contributed by atoms with Crippen molar-refractivity contribution in [3.63, 3.8) is 0 Å². The van der Waals surface area contributed by atoms with Crippen molar-refractivity contribution < 1.29 is 19.7 Å².